The molecule has 0 aromatic carbocycles. The fourth-order valence-electron chi connectivity index (χ4n) is 0.962. The smallest absolute Gasteiger partial charge is 0.0594 e. The van der Waals surface area contributed by atoms with Gasteiger partial charge in [-0.05, 0) is 19.4 Å². The summed E-state index contributed by atoms with van der Waals surface area (Å²) in [7, 11) is 1.82. The van der Waals surface area contributed by atoms with Crippen LogP contribution in [0, 0.1) is 0 Å². The second kappa shape index (κ2) is 5.25. The number of hydrogen-bond acceptors (Lipinski definition) is 2. The van der Waals surface area contributed by atoms with E-state index in [2.05, 4.69) is 18.5 Å². The van der Waals surface area contributed by atoms with Gasteiger partial charge in [-0.25, -0.2) is 0 Å². The summed E-state index contributed by atoms with van der Waals surface area (Å²) in [5.74, 6) is 0. The maximum atomic E-state index is 5.58. The van der Waals surface area contributed by atoms with Crippen molar-refractivity contribution in [2.24, 2.45) is 5.73 Å². The molecule has 0 saturated heterocycles. The maximum absolute atomic E-state index is 5.58. The quantitative estimate of drug-likeness (QED) is 0.647. The topological polar surface area (TPSA) is 38.0 Å². The summed E-state index contributed by atoms with van der Waals surface area (Å²) in [6.45, 7) is 11.4. The van der Waals surface area contributed by atoms with Crippen LogP contribution in [0.3, 0.4) is 0 Å². The first-order valence-electron chi connectivity index (χ1n) is 4.16. The number of allylic oxidation sites excluding steroid dienone is 4. The number of hydrogen-bond donors (Lipinski definition) is 2. The lowest BCUT2D eigenvalue weighted by Crippen LogP contribution is -2.14. The van der Waals surface area contributed by atoms with Gasteiger partial charge in [-0.3, -0.25) is 0 Å². The highest BCUT2D eigenvalue weighted by Crippen LogP contribution is 2.07. The molecule has 13 heavy (non-hydrogen) atoms. The van der Waals surface area contributed by atoms with Crippen LogP contribution in [-0.4, -0.2) is 7.05 Å². The molecule has 0 heterocycles. The van der Waals surface area contributed by atoms with Crippen LogP contribution in [0.15, 0.2) is 47.9 Å². The normalized spacial score (nSPS) is 12.5. The molecular weight excluding hydrogens is 160 g/mol. The Labute approximate surface area is 80.5 Å². The third kappa shape index (κ3) is 4.21. The minimum Gasteiger partial charge on any atom is -0.398 e. The lowest BCUT2D eigenvalue weighted by molar-refractivity contribution is 0.972. The van der Waals surface area contributed by atoms with Crippen molar-refractivity contribution in [3.05, 3.63) is 47.9 Å². The van der Waals surface area contributed by atoms with Gasteiger partial charge in [0, 0.05) is 12.7 Å². The van der Waals surface area contributed by atoms with Crippen molar-refractivity contribution in [3.8, 4) is 0 Å². The summed E-state index contributed by atoms with van der Waals surface area (Å²) in [4.78, 5) is 0. The standard InChI is InChI=1S/C11H18N2/c1-8(2)6-7-9(3)11(13-5)10(4)12/h6-7,13H,1,4,12H2,2-3,5H3/b7-6-,11-9-. The minimum atomic E-state index is 0.548. The zero-order valence-electron chi connectivity index (χ0n) is 8.65. The van der Waals surface area contributed by atoms with E-state index in [1.165, 1.54) is 0 Å². The minimum absolute atomic E-state index is 0.548. The van der Waals surface area contributed by atoms with Crippen molar-refractivity contribution in [2.75, 3.05) is 7.05 Å². The average Bonchev–Trinajstić information content (AvgIpc) is 2.01. The highest BCUT2D eigenvalue weighted by atomic mass is 14.9. The zero-order chi connectivity index (χ0) is 10.4. The molecule has 72 valence electrons. The molecule has 0 aromatic heterocycles. The van der Waals surface area contributed by atoms with E-state index in [-0.39, 0.29) is 0 Å². The van der Waals surface area contributed by atoms with Gasteiger partial charge >= 0.3 is 0 Å². The van der Waals surface area contributed by atoms with Crippen LogP contribution in [0.1, 0.15) is 13.8 Å². The SMILES string of the molecule is C=C(C)/C=C\C(C)=C(/NC)C(=C)N. The van der Waals surface area contributed by atoms with E-state index in [0.29, 0.717) is 5.70 Å². The van der Waals surface area contributed by atoms with Crippen LogP contribution in [0.4, 0.5) is 0 Å². The highest BCUT2D eigenvalue weighted by Gasteiger charge is 1.97. The van der Waals surface area contributed by atoms with Gasteiger partial charge in [0.2, 0.25) is 0 Å². The Hall–Kier alpha value is -1.44. The van der Waals surface area contributed by atoms with Gasteiger partial charge < -0.3 is 11.1 Å². The summed E-state index contributed by atoms with van der Waals surface area (Å²) < 4.78 is 0. The van der Waals surface area contributed by atoms with Crippen LogP contribution in [0.2, 0.25) is 0 Å². The van der Waals surface area contributed by atoms with Crippen LogP contribution in [0.5, 0.6) is 0 Å². The molecule has 2 nitrogen and oxygen atoms in total. The highest BCUT2D eigenvalue weighted by molar-refractivity contribution is 5.36. The summed E-state index contributed by atoms with van der Waals surface area (Å²) in [6.07, 6.45) is 3.90. The molecule has 0 radical (unpaired) electrons. The molecule has 0 aliphatic carbocycles. The van der Waals surface area contributed by atoms with Gasteiger partial charge in [-0.15, -0.1) is 0 Å². The van der Waals surface area contributed by atoms with Gasteiger partial charge in [0.25, 0.3) is 0 Å². The van der Waals surface area contributed by atoms with E-state index in [1.54, 1.807) is 0 Å². The Morgan fingerprint density at radius 1 is 1.23 bits per heavy atom. The number of nitrogens with one attached hydrogen (secondary N) is 1. The largest absolute Gasteiger partial charge is 0.398 e. The molecule has 0 spiro atoms. The molecule has 0 saturated carbocycles. The van der Waals surface area contributed by atoms with E-state index in [0.717, 1.165) is 16.8 Å². The Bertz CT molecular complexity index is 270. The molecule has 2 heteroatoms. The Balaban J connectivity index is 4.77. The molecule has 0 rings (SSSR count). The van der Waals surface area contributed by atoms with Crippen LogP contribution < -0.4 is 11.1 Å². The molecule has 0 unspecified atom stereocenters. The van der Waals surface area contributed by atoms with Crippen LogP contribution >= 0.6 is 0 Å². The van der Waals surface area contributed by atoms with Crippen molar-refractivity contribution in [2.45, 2.75) is 13.8 Å². The maximum Gasteiger partial charge on any atom is 0.0594 e. The van der Waals surface area contributed by atoms with Crippen molar-refractivity contribution < 1.29 is 0 Å². The molecular formula is C11H18N2. The summed E-state index contributed by atoms with van der Waals surface area (Å²) >= 11 is 0. The van der Waals surface area contributed by atoms with E-state index in [9.17, 15) is 0 Å². The number of rotatable bonds is 4. The Morgan fingerprint density at radius 3 is 2.08 bits per heavy atom. The van der Waals surface area contributed by atoms with Gasteiger partial charge in [-0.1, -0.05) is 30.9 Å². The molecule has 0 fully saturated rings. The van der Waals surface area contributed by atoms with E-state index < -0.39 is 0 Å². The summed E-state index contributed by atoms with van der Waals surface area (Å²) in [5.41, 5.74) is 9.07. The monoisotopic (exact) mass is 178 g/mol. The van der Waals surface area contributed by atoms with Gasteiger partial charge in [0.05, 0.1) is 5.70 Å². The van der Waals surface area contributed by atoms with Crippen molar-refractivity contribution in [1.29, 1.82) is 0 Å². The van der Waals surface area contributed by atoms with E-state index in [4.69, 9.17) is 5.73 Å². The van der Waals surface area contributed by atoms with Gasteiger partial charge in [0.1, 0.15) is 0 Å². The van der Waals surface area contributed by atoms with Crippen LogP contribution in [-0.2, 0) is 0 Å². The summed E-state index contributed by atoms with van der Waals surface area (Å²) in [5, 5.41) is 3.00. The first-order valence-corrected chi connectivity index (χ1v) is 4.16. The lowest BCUT2D eigenvalue weighted by Gasteiger charge is -2.08. The third-order valence-corrected chi connectivity index (χ3v) is 1.58. The first-order chi connectivity index (χ1) is 5.99. The second-order valence-electron chi connectivity index (χ2n) is 3.01. The molecule has 0 aromatic rings. The Morgan fingerprint density at radius 2 is 1.77 bits per heavy atom. The molecule has 0 aliphatic heterocycles. The summed E-state index contributed by atoms with van der Waals surface area (Å²) in [6, 6.07) is 0. The molecule has 0 amide bonds. The van der Waals surface area contributed by atoms with Gasteiger partial charge in [-0.2, -0.15) is 0 Å². The third-order valence-electron chi connectivity index (χ3n) is 1.58. The van der Waals surface area contributed by atoms with E-state index in [1.807, 2.05) is 33.0 Å². The molecule has 0 aliphatic rings. The predicted octanol–water partition coefficient (Wildman–Crippen LogP) is 2.08. The number of likely N-dealkylation sites (N-methyl/N-ethyl adjacent to an activating group) is 1. The van der Waals surface area contributed by atoms with Crippen molar-refractivity contribution in [1.82, 2.24) is 5.32 Å². The fraction of sp³-hybridized carbons (Fsp3) is 0.273. The van der Waals surface area contributed by atoms with Crippen LogP contribution in [0.25, 0.3) is 0 Å². The van der Waals surface area contributed by atoms with Crippen molar-refractivity contribution in [3.63, 3.8) is 0 Å². The van der Waals surface area contributed by atoms with Crippen molar-refractivity contribution >= 4 is 0 Å². The molecule has 0 atom stereocenters. The predicted molar refractivity (Wildman–Crippen MR) is 59.0 cm³/mol. The average molecular weight is 178 g/mol. The van der Waals surface area contributed by atoms with E-state index >= 15 is 0 Å². The molecule has 0 bridgehead atoms. The second-order valence-corrected chi connectivity index (χ2v) is 3.01. The zero-order valence-corrected chi connectivity index (χ0v) is 8.65. The Kier molecular flexibility index (Phi) is 4.67. The number of nitrogens with two attached hydrogens (primary N) is 1. The molecule has 3 N–H and O–H groups in total. The lowest BCUT2D eigenvalue weighted by atomic mass is 10.1. The first kappa shape index (κ1) is 11.6. The fourth-order valence-corrected chi connectivity index (χ4v) is 0.962. The van der Waals surface area contributed by atoms with Gasteiger partial charge in [0.15, 0.2) is 0 Å².